The van der Waals surface area contributed by atoms with E-state index in [0.29, 0.717) is 42.0 Å². The van der Waals surface area contributed by atoms with Gasteiger partial charge in [0.25, 0.3) is 5.91 Å². The van der Waals surface area contributed by atoms with E-state index < -0.39 is 0 Å². The van der Waals surface area contributed by atoms with Gasteiger partial charge in [-0.25, -0.2) is 9.97 Å². The molecule has 3 aromatic rings. The molecule has 3 aliphatic rings. The molecule has 182 valence electrons. The predicted molar refractivity (Wildman–Crippen MR) is 139 cm³/mol. The van der Waals surface area contributed by atoms with E-state index in [1.165, 1.54) is 24.9 Å². The first kappa shape index (κ1) is 23.6. The Morgan fingerprint density at radius 2 is 1.74 bits per heavy atom. The Balaban J connectivity index is 1.47. The van der Waals surface area contributed by atoms with Crippen LogP contribution in [0, 0.1) is 0 Å². The molecular formula is C27H30ClN5O2. The van der Waals surface area contributed by atoms with Crippen LogP contribution in [0.15, 0.2) is 48.7 Å². The lowest BCUT2D eigenvalue weighted by Crippen LogP contribution is -2.30. The average Bonchev–Trinajstić information content (AvgIpc) is 2.89. The van der Waals surface area contributed by atoms with E-state index in [1.54, 1.807) is 18.3 Å². The summed E-state index contributed by atoms with van der Waals surface area (Å²) in [6.45, 7) is 3.93. The van der Waals surface area contributed by atoms with Crippen molar-refractivity contribution in [2.45, 2.75) is 38.7 Å². The van der Waals surface area contributed by atoms with Crippen molar-refractivity contribution in [1.29, 1.82) is 0 Å². The van der Waals surface area contributed by atoms with Crippen LogP contribution in [0.25, 0.3) is 11.3 Å². The zero-order valence-electron chi connectivity index (χ0n) is 19.7. The predicted octanol–water partition coefficient (Wildman–Crippen LogP) is 5.57. The molecule has 0 spiro atoms. The first-order chi connectivity index (χ1) is 17.2. The fraction of sp³-hybridized carbons (Fsp3) is 0.370. The number of ether oxygens (including phenoxy) is 1. The zero-order chi connectivity index (χ0) is 24.0. The maximum Gasteiger partial charge on any atom is 0.251 e. The highest BCUT2D eigenvalue weighted by molar-refractivity contribution is 6.32. The Morgan fingerprint density at radius 1 is 0.943 bits per heavy atom. The largest absolute Gasteiger partial charge is 0.377 e. The van der Waals surface area contributed by atoms with E-state index in [0.717, 1.165) is 42.7 Å². The molecule has 0 unspecified atom stereocenters. The van der Waals surface area contributed by atoms with Gasteiger partial charge in [0.2, 0.25) is 5.95 Å². The Morgan fingerprint density at radius 3 is 2.57 bits per heavy atom. The van der Waals surface area contributed by atoms with Gasteiger partial charge in [0.05, 0.1) is 23.5 Å². The van der Waals surface area contributed by atoms with Crippen LogP contribution in [0.4, 0.5) is 17.3 Å². The van der Waals surface area contributed by atoms with Gasteiger partial charge in [-0.05, 0) is 62.4 Å². The van der Waals surface area contributed by atoms with E-state index in [2.05, 4.69) is 43.7 Å². The SMILES string of the molecule is O=C1NCCCCOCc2cc(ccc2N2CCCCC2)Nc2ncc(Cl)c(n2)-c2ccc1cc2. The van der Waals surface area contributed by atoms with E-state index in [4.69, 9.17) is 16.3 Å². The quantitative estimate of drug-likeness (QED) is 0.463. The van der Waals surface area contributed by atoms with Crippen LogP contribution in [-0.2, 0) is 11.3 Å². The molecule has 0 atom stereocenters. The number of aromatic nitrogens is 2. The number of carbonyl (C=O) groups is 1. The van der Waals surface area contributed by atoms with Crippen LogP contribution >= 0.6 is 11.6 Å². The number of nitrogens with one attached hydrogen (secondary N) is 2. The number of nitrogens with zero attached hydrogens (tertiary/aromatic N) is 3. The number of carbonyl (C=O) groups excluding carboxylic acids is 1. The number of amides is 1. The zero-order valence-corrected chi connectivity index (χ0v) is 20.5. The van der Waals surface area contributed by atoms with Crippen molar-refractivity contribution in [3.05, 3.63) is 64.8 Å². The summed E-state index contributed by atoms with van der Waals surface area (Å²) in [5, 5.41) is 6.77. The second-order valence-corrected chi connectivity index (χ2v) is 9.41. The molecule has 2 N–H and O–H groups in total. The third-order valence-electron chi connectivity index (χ3n) is 6.46. The molecule has 6 bridgehead atoms. The van der Waals surface area contributed by atoms with Crippen LogP contribution in [0.1, 0.15) is 48.0 Å². The van der Waals surface area contributed by atoms with Crippen LogP contribution in [0.3, 0.4) is 0 Å². The highest BCUT2D eigenvalue weighted by Crippen LogP contribution is 2.31. The summed E-state index contributed by atoms with van der Waals surface area (Å²) < 4.78 is 6.06. The number of anilines is 3. The van der Waals surface area contributed by atoms with E-state index in [1.807, 2.05) is 12.1 Å². The second kappa shape index (κ2) is 11.1. The standard InChI is InChI=1S/C27H30ClN5O2/c28-23-17-30-27-31-22-10-11-24(33-13-3-1-4-14-33)21(16-22)18-35-15-5-2-12-29-26(34)20-8-6-19(7-9-20)25(23)32-27/h6-11,16-17H,1-5,12-15,18H2,(H,29,34)(H,30,31,32). The van der Waals surface area contributed by atoms with Gasteiger partial charge in [0, 0.05) is 54.3 Å². The summed E-state index contributed by atoms with van der Waals surface area (Å²) in [5.41, 5.74) is 5.32. The molecule has 3 aliphatic heterocycles. The molecule has 1 saturated heterocycles. The van der Waals surface area contributed by atoms with Gasteiger partial charge in [-0.1, -0.05) is 23.7 Å². The van der Waals surface area contributed by atoms with Crippen molar-refractivity contribution >= 4 is 34.8 Å². The molecule has 1 amide bonds. The minimum Gasteiger partial charge on any atom is -0.377 e. The van der Waals surface area contributed by atoms with Gasteiger partial charge >= 0.3 is 0 Å². The van der Waals surface area contributed by atoms with Crippen LogP contribution < -0.4 is 15.5 Å². The third-order valence-corrected chi connectivity index (χ3v) is 6.73. The van der Waals surface area contributed by atoms with Crippen LogP contribution in [-0.4, -0.2) is 42.1 Å². The molecule has 8 heteroatoms. The Bertz CT molecular complexity index is 1180. The van der Waals surface area contributed by atoms with Crippen molar-refractivity contribution in [2.75, 3.05) is 36.5 Å². The Labute approximate surface area is 210 Å². The fourth-order valence-electron chi connectivity index (χ4n) is 4.58. The lowest BCUT2D eigenvalue weighted by molar-refractivity contribution is 0.0946. The normalized spacial score (nSPS) is 17.1. The monoisotopic (exact) mass is 491 g/mol. The summed E-state index contributed by atoms with van der Waals surface area (Å²) in [6, 6.07) is 13.7. The Hall–Kier alpha value is -3.16. The van der Waals surface area contributed by atoms with E-state index in [-0.39, 0.29) is 5.91 Å². The molecule has 1 aromatic heterocycles. The lowest BCUT2D eigenvalue weighted by atomic mass is 10.1. The van der Waals surface area contributed by atoms with Gasteiger partial charge < -0.3 is 20.3 Å². The molecular weight excluding hydrogens is 462 g/mol. The number of hydrogen-bond donors (Lipinski definition) is 2. The highest BCUT2D eigenvalue weighted by Gasteiger charge is 2.16. The molecule has 6 rings (SSSR count). The van der Waals surface area contributed by atoms with Gasteiger partial charge in [0.1, 0.15) is 0 Å². The number of hydrogen-bond acceptors (Lipinski definition) is 6. The first-order valence-electron chi connectivity index (χ1n) is 12.3. The third kappa shape index (κ3) is 5.74. The summed E-state index contributed by atoms with van der Waals surface area (Å²) >= 11 is 6.43. The maximum atomic E-state index is 12.5. The second-order valence-electron chi connectivity index (χ2n) is 9.00. The lowest BCUT2D eigenvalue weighted by Gasteiger charge is -2.31. The summed E-state index contributed by atoms with van der Waals surface area (Å²) in [5.74, 6) is 0.371. The fourth-order valence-corrected chi connectivity index (χ4v) is 4.78. The van der Waals surface area contributed by atoms with E-state index >= 15 is 0 Å². The number of piperidine rings is 1. The van der Waals surface area contributed by atoms with Gasteiger partial charge in [-0.2, -0.15) is 0 Å². The molecule has 35 heavy (non-hydrogen) atoms. The molecule has 1 fully saturated rings. The van der Waals surface area contributed by atoms with Crippen molar-refractivity contribution in [1.82, 2.24) is 15.3 Å². The maximum absolute atomic E-state index is 12.5. The molecule has 0 saturated carbocycles. The number of halogens is 1. The molecule has 0 radical (unpaired) electrons. The topological polar surface area (TPSA) is 79.4 Å². The number of fused-ring (bicyclic) bond motifs is 9. The smallest absolute Gasteiger partial charge is 0.251 e. The number of benzene rings is 2. The van der Waals surface area contributed by atoms with Gasteiger partial charge in [-0.3, -0.25) is 4.79 Å². The molecule has 2 aromatic carbocycles. The first-order valence-corrected chi connectivity index (χ1v) is 12.7. The van der Waals surface area contributed by atoms with Crippen molar-refractivity contribution in [3.63, 3.8) is 0 Å². The van der Waals surface area contributed by atoms with Crippen molar-refractivity contribution < 1.29 is 9.53 Å². The Kier molecular flexibility index (Phi) is 7.45. The summed E-state index contributed by atoms with van der Waals surface area (Å²) in [7, 11) is 0. The minimum atomic E-state index is -0.0891. The molecule has 7 nitrogen and oxygen atoms in total. The molecule has 4 heterocycles. The van der Waals surface area contributed by atoms with Gasteiger partial charge in [-0.15, -0.1) is 0 Å². The van der Waals surface area contributed by atoms with E-state index in [9.17, 15) is 4.79 Å². The highest BCUT2D eigenvalue weighted by atomic mass is 35.5. The van der Waals surface area contributed by atoms with Crippen LogP contribution in [0.5, 0.6) is 0 Å². The van der Waals surface area contributed by atoms with Crippen molar-refractivity contribution in [2.24, 2.45) is 0 Å². The average molecular weight is 492 g/mol. The van der Waals surface area contributed by atoms with Crippen LogP contribution in [0.2, 0.25) is 5.02 Å². The molecule has 0 aliphatic carbocycles. The number of rotatable bonds is 1. The summed E-state index contributed by atoms with van der Waals surface area (Å²) in [4.78, 5) is 24.0. The minimum absolute atomic E-state index is 0.0891. The van der Waals surface area contributed by atoms with Gasteiger partial charge in [0.15, 0.2) is 0 Å². The van der Waals surface area contributed by atoms with Crippen molar-refractivity contribution in [3.8, 4) is 11.3 Å². The summed E-state index contributed by atoms with van der Waals surface area (Å²) in [6.07, 6.45) is 7.07.